The van der Waals surface area contributed by atoms with E-state index in [1.54, 1.807) is 0 Å². The van der Waals surface area contributed by atoms with Crippen molar-refractivity contribution in [1.82, 2.24) is 0 Å². The van der Waals surface area contributed by atoms with Crippen molar-refractivity contribution in [3.05, 3.63) is 47.5 Å². The Morgan fingerprint density at radius 1 is 0.818 bits per heavy atom. The molecule has 0 heterocycles. The van der Waals surface area contributed by atoms with E-state index in [9.17, 15) is 0 Å². The molecule has 0 unspecified atom stereocenters. The van der Waals surface area contributed by atoms with Crippen molar-refractivity contribution in [3.63, 3.8) is 0 Å². The van der Waals surface area contributed by atoms with E-state index in [4.69, 9.17) is 22.9 Å². The molecule has 2 aromatic rings. The minimum Gasteiger partial charge on any atom is -0.397 e. The molecule has 0 atom stereocenters. The predicted molar refractivity (Wildman–Crippen MR) is 98.6 cm³/mol. The van der Waals surface area contributed by atoms with Gasteiger partial charge in [-0.1, -0.05) is 51.5 Å². The van der Waals surface area contributed by atoms with Crippen molar-refractivity contribution >= 4 is 22.7 Å². The molecule has 0 aliphatic carbocycles. The van der Waals surface area contributed by atoms with Crippen molar-refractivity contribution in [2.75, 3.05) is 22.9 Å². The standard InChI is InChI=1S/2C9H14N2/c1-6(2)7-4-3-5-8(10)9(7)11;1-2-4-7-5-3-6-8(10)9(7)11/h3-6H,10-11H2,1-2H3;3,5-6H,2,4,10-11H2,1H3. The fourth-order valence-corrected chi connectivity index (χ4v) is 2.23. The minimum absolute atomic E-state index is 0.443. The summed E-state index contributed by atoms with van der Waals surface area (Å²) in [5.41, 5.74) is 27.9. The summed E-state index contributed by atoms with van der Waals surface area (Å²) >= 11 is 0. The Labute approximate surface area is 133 Å². The second-order valence-corrected chi connectivity index (χ2v) is 5.67. The molecule has 0 amide bonds. The van der Waals surface area contributed by atoms with Crippen LogP contribution < -0.4 is 22.9 Å². The lowest BCUT2D eigenvalue weighted by Gasteiger charge is -2.10. The van der Waals surface area contributed by atoms with E-state index in [2.05, 4.69) is 20.8 Å². The molecule has 0 saturated heterocycles. The molecule has 2 aromatic carbocycles. The van der Waals surface area contributed by atoms with Crippen molar-refractivity contribution in [2.24, 2.45) is 0 Å². The van der Waals surface area contributed by atoms with E-state index in [0.717, 1.165) is 35.3 Å². The molecule has 4 heteroatoms. The average Bonchev–Trinajstić information content (AvgIpc) is 2.47. The van der Waals surface area contributed by atoms with Gasteiger partial charge in [-0.05, 0) is 35.6 Å². The van der Waals surface area contributed by atoms with Gasteiger partial charge in [-0.25, -0.2) is 0 Å². The maximum absolute atomic E-state index is 5.76. The number of aryl methyl sites for hydroxylation is 1. The van der Waals surface area contributed by atoms with Crippen molar-refractivity contribution in [3.8, 4) is 0 Å². The smallest absolute Gasteiger partial charge is 0.0582 e. The van der Waals surface area contributed by atoms with Crippen LogP contribution in [-0.4, -0.2) is 0 Å². The number of nitrogen functional groups attached to an aromatic ring is 4. The Balaban J connectivity index is 0.000000220. The topological polar surface area (TPSA) is 104 Å². The van der Waals surface area contributed by atoms with Gasteiger partial charge in [-0.15, -0.1) is 0 Å². The SMILES string of the molecule is CC(C)c1cccc(N)c1N.CCCc1cccc(N)c1N. The highest BCUT2D eigenvalue weighted by Gasteiger charge is 2.04. The highest BCUT2D eigenvalue weighted by Crippen LogP contribution is 2.25. The molecular formula is C18H28N4. The average molecular weight is 300 g/mol. The number of rotatable bonds is 3. The number of hydrogen-bond donors (Lipinski definition) is 4. The molecule has 0 saturated carbocycles. The molecule has 4 nitrogen and oxygen atoms in total. The first-order valence-electron chi connectivity index (χ1n) is 7.65. The largest absolute Gasteiger partial charge is 0.397 e. The number of anilines is 4. The fourth-order valence-electron chi connectivity index (χ4n) is 2.23. The van der Waals surface area contributed by atoms with Gasteiger partial charge in [-0.3, -0.25) is 0 Å². The van der Waals surface area contributed by atoms with Gasteiger partial charge in [0.15, 0.2) is 0 Å². The van der Waals surface area contributed by atoms with Gasteiger partial charge in [0.25, 0.3) is 0 Å². The van der Waals surface area contributed by atoms with Crippen LogP contribution in [0, 0.1) is 0 Å². The molecular weight excluding hydrogens is 272 g/mol. The van der Waals surface area contributed by atoms with Crippen LogP contribution in [0.3, 0.4) is 0 Å². The van der Waals surface area contributed by atoms with E-state index in [1.165, 1.54) is 0 Å². The highest BCUT2D eigenvalue weighted by molar-refractivity contribution is 5.68. The molecule has 2 rings (SSSR count). The molecule has 22 heavy (non-hydrogen) atoms. The van der Waals surface area contributed by atoms with Crippen LogP contribution in [-0.2, 0) is 6.42 Å². The minimum atomic E-state index is 0.443. The van der Waals surface area contributed by atoms with Gasteiger partial charge in [0, 0.05) is 0 Å². The monoisotopic (exact) mass is 300 g/mol. The van der Waals surface area contributed by atoms with Gasteiger partial charge in [-0.2, -0.15) is 0 Å². The maximum atomic E-state index is 5.76. The van der Waals surface area contributed by atoms with Crippen LogP contribution >= 0.6 is 0 Å². The predicted octanol–water partition coefficient (Wildman–Crippen LogP) is 3.78. The summed E-state index contributed by atoms with van der Waals surface area (Å²) in [4.78, 5) is 0. The van der Waals surface area contributed by atoms with Crippen LogP contribution in [0.15, 0.2) is 36.4 Å². The summed E-state index contributed by atoms with van der Waals surface area (Å²) in [6.45, 7) is 6.33. The quantitative estimate of drug-likeness (QED) is 0.647. The van der Waals surface area contributed by atoms with Crippen molar-refractivity contribution in [1.29, 1.82) is 0 Å². The molecule has 8 N–H and O–H groups in total. The third kappa shape index (κ3) is 4.58. The third-order valence-electron chi connectivity index (χ3n) is 3.55. The molecule has 0 bridgehead atoms. The van der Waals surface area contributed by atoms with Crippen LogP contribution in [0.1, 0.15) is 44.2 Å². The van der Waals surface area contributed by atoms with E-state index in [1.807, 2.05) is 36.4 Å². The fraction of sp³-hybridized carbons (Fsp3) is 0.333. The Kier molecular flexibility index (Phi) is 6.57. The molecule has 0 radical (unpaired) electrons. The second kappa shape index (κ2) is 8.17. The zero-order valence-electron chi connectivity index (χ0n) is 13.8. The van der Waals surface area contributed by atoms with Gasteiger partial charge >= 0.3 is 0 Å². The Morgan fingerprint density at radius 2 is 1.36 bits per heavy atom. The first kappa shape index (κ1) is 17.7. The Bertz CT molecular complexity index is 606. The number of nitrogens with two attached hydrogens (primary N) is 4. The van der Waals surface area contributed by atoms with Crippen LogP contribution in [0.2, 0.25) is 0 Å². The summed E-state index contributed by atoms with van der Waals surface area (Å²) in [5.74, 6) is 0.443. The summed E-state index contributed by atoms with van der Waals surface area (Å²) in [6, 6.07) is 11.6. The van der Waals surface area contributed by atoms with Gasteiger partial charge in [0.1, 0.15) is 0 Å². The molecule has 0 aromatic heterocycles. The van der Waals surface area contributed by atoms with Crippen LogP contribution in [0.25, 0.3) is 0 Å². The Hall–Kier alpha value is -2.36. The van der Waals surface area contributed by atoms with Crippen molar-refractivity contribution in [2.45, 2.75) is 39.5 Å². The lowest BCUT2D eigenvalue weighted by molar-refractivity contribution is 0.870. The van der Waals surface area contributed by atoms with Crippen molar-refractivity contribution < 1.29 is 0 Å². The van der Waals surface area contributed by atoms with Gasteiger partial charge in [0.05, 0.1) is 22.7 Å². The second-order valence-electron chi connectivity index (χ2n) is 5.67. The maximum Gasteiger partial charge on any atom is 0.0582 e. The summed E-state index contributed by atoms with van der Waals surface area (Å²) < 4.78 is 0. The summed E-state index contributed by atoms with van der Waals surface area (Å²) in [7, 11) is 0. The number of benzene rings is 2. The summed E-state index contributed by atoms with van der Waals surface area (Å²) in [5, 5.41) is 0. The Morgan fingerprint density at radius 3 is 1.86 bits per heavy atom. The number of hydrogen-bond acceptors (Lipinski definition) is 4. The molecule has 120 valence electrons. The normalized spacial score (nSPS) is 10.2. The van der Waals surface area contributed by atoms with E-state index in [0.29, 0.717) is 17.3 Å². The first-order valence-corrected chi connectivity index (χ1v) is 7.65. The zero-order chi connectivity index (χ0) is 16.7. The van der Waals surface area contributed by atoms with E-state index < -0.39 is 0 Å². The lowest BCUT2D eigenvalue weighted by Crippen LogP contribution is -2.00. The third-order valence-corrected chi connectivity index (χ3v) is 3.55. The molecule has 0 aliphatic heterocycles. The van der Waals surface area contributed by atoms with E-state index >= 15 is 0 Å². The highest BCUT2D eigenvalue weighted by atomic mass is 14.7. The molecule has 0 aliphatic rings. The zero-order valence-corrected chi connectivity index (χ0v) is 13.8. The molecule has 0 fully saturated rings. The van der Waals surface area contributed by atoms with Crippen LogP contribution in [0.4, 0.5) is 22.7 Å². The first-order chi connectivity index (χ1) is 10.4. The summed E-state index contributed by atoms with van der Waals surface area (Å²) in [6.07, 6.45) is 2.12. The van der Waals surface area contributed by atoms with Gasteiger partial charge < -0.3 is 22.9 Å². The number of para-hydroxylation sites is 2. The molecule has 0 spiro atoms. The van der Waals surface area contributed by atoms with Crippen LogP contribution in [0.5, 0.6) is 0 Å². The van der Waals surface area contributed by atoms with Gasteiger partial charge in [0.2, 0.25) is 0 Å². The van der Waals surface area contributed by atoms with E-state index in [-0.39, 0.29) is 0 Å². The lowest BCUT2D eigenvalue weighted by atomic mass is 10.0.